The van der Waals surface area contributed by atoms with Crippen LogP contribution in [0.5, 0.6) is 11.5 Å². The number of Topliss-reactive ketones (excluding diaryl/α,β-unsaturated/α-hetero) is 1. The molecule has 0 heterocycles. The van der Waals surface area contributed by atoms with Gasteiger partial charge in [-0.05, 0) is 48.4 Å². The molecule has 2 aromatic rings. The highest BCUT2D eigenvalue weighted by Gasteiger charge is 2.18. The van der Waals surface area contributed by atoms with Crippen LogP contribution in [0.1, 0.15) is 15.9 Å². The van der Waals surface area contributed by atoms with Gasteiger partial charge in [-0.25, -0.2) is 0 Å². The molecule has 2 aromatic carbocycles. The van der Waals surface area contributed by atoms with E-state index < -0.39 is 5.25 Å². The van der Waals surface area contributed by atoms with E-state index in [1.54, 1.807) is 24.3 Å². The van der Waals surface area contributed by atoms with E-state index in [9.17, 15) is 19.5 Å². The second-order valence-corrected chi connectivity index (χ2v) is 6.48. The van der Waals surface area contributed by atoms with Crippen molar-refractivity contribution in [2.45, 2.75) is 11.7 Å². The maximum Gasteiger partial charge on any atom is 0.233 e. The van der Waals surface area contributed by atoms with Crippen molar-refractivity contribution in [3.63, 3.8) is 0 Å². The van der Waals surface area contributed by atoms with Crippen molar-refractivity contribution in [1.29, 1.82) is 0 Å². The summed E-state index contributed by atoms with van der Waals surface area (Å²) in [5.41, 5.74) is 2.00. The Hall–Kier alpha value is -2.80. The summed E-state index contributed by atoms with van der Waals surface area (Å²) < 4.78 is 5.48. The molecule has 0 spiro atoms. The van der Waals surface area contributed by atoms with E-state index in [4.69, 9.17) is 4.74 Å². The molecule has 136 valence electrons. The van der Waals surface area contributed by atoms with E-state index in [-0.39, 0.29) is 24.0 Å². The average molecular weight is 373 g/mol. The van der Waals surface area contributed by atoms with E-state index in [0.717, 1.165) is 17.3 Å². The first-order valence-electron chi connectivity index (χ1n) is 7.88. The SMILES string of the molecule is CNC(=O)C(Cc1ccc(OCC(=O)c2ccc(O)cc2)cc1)SC=O. The van der Waals surface area contributed by atoms with Crippen LogP contribution < -0.4 is 10.1 Å². The molecule has 2 rings (SSSR count). The lowest BCUT2D eigenvalue weighted by Crippen LogP contribution is -2.31. The molecule has 0 saturated carbocycles. The molecule has 0 aliphatic carbocycles. The number of amides is 1. The predicted octanol–water partition coefficient (Wildman–Crippen LogP) is 2.23. The van der Waals surface area contributed by atoms with Gasteiger partial charge < -0.3 is 15.2 Å². The molecule has 1 atom stereocenters. The van der Waals surface area contributed by atoms with Crippen LogP contribution in [-0.2, 0) is 16.0 Å². The number of phenolic OH excluding ortho intramolecular Hbond substituents is 1. The second-order valence-electron chi connectivity index (χ2n) is 5.44. The van der Waals surface area contributed by atoms with Gasteiger partial charge in [0.05, 0.1) is 5.25 Å². The summed E-state index contributed by atoms with van der Waals surface area (Å²) in [6.45, 7) is -0.119. The number of carbonyl (C=O) groups is 3. The van der Waals surface area contributed by atoms with E-state index in [2.05, 4.69) is 5.32 Å². The average Bonchev–Trinajstić information content (AvgIpc) is 2.66. The Labute approximate surface area is 155 Å². The molecule has 0 aliphatic heterocycles. The number of thioether (sulfide) groups is 1. The minimum atomic E-state index is -0.486. The van der Waals surface area contributed by atoms with E-state index in [1.165, 1.54) is 31.3 Å². The van der Waals surface area contributed by atoms with Gasteiger partial charge >= 0.3 is 0 Å². The number of benzene rings is 2. The highest BCUT2D eigenvalue weighted by molar-refractivity contribution is 8.13. The van der Waals surface area contributed by atoms with Gasteiger partial charge in [0.2, 0.25) is 5.91 Å². The number of hydrogen-bond acceptors (Lipinski definition) is 6. The van der Waals surface area contributed by atoms with Crippen LogP contribution in [0.25, 0.3) is 0 Å². The molecule has 26 heavy (non-hydrogen) atoms. The standard InChI is InChI=1S/C19H19NO5S/c1-20-19(24)18(26-12-21)10-13-2-8-16(9-3-13)25-11-17(23)14-4-6-15(22)7-5-14/h2-9,12,18,22H,10-11H2,1H3,(H,20,24). The number of phenols is 1. The van der Waals surface area contributed by atoms with E-state index in [0.29, 0.717) is 23.4 Å². The van der Waals surface area contributed by atoms with Gasteiger partial charge in [0.1, 0.15) is 11.5 Å². The Balaban J connectivity index is 1.92. The van der Waals surface area contributed by atoms with Crippen LogP contribution in [0.15, 0.2) is 48.5 Å². The lowest BCUT2D eigenvalue weighted by molar-refractivity contribution is -0.120. The van der Waals surface area contributed by atoms with Crippen LogP contribution in [-0.4, -0.2) is 41.3 Å². The molecule has 7 heteroatoms. The third kappa shape index (κ3) is 5.63. The minimum Gasteiger partial charge on any atom is -0.508 e. The van der Waals surface area contributed by atoms with Crippen LogP contribution in [0.4, 0.5) is 0 Å². The minimum absolute atomic E-state index is 0.0980. The fraction of sp³-hybridized carbons (Fsp3) is 0.211. The Morgan fingerprint density at radius 1 is 1.15 bits per heavy atom. The fourth-order valence-corrected chi connectivity index (χ4v) is 2.91. The Kier molecular flexibility index (Phi) is 7.23. The molecule has 0 aliphatic rings. The number of hydrogen-bond donors (Lipinski definition) is 2. The smallest absolute Gasteiger partial charge is 0.233 e. The molecule has 0 aromatic heterocycles. The molecule has 0 bridgehead atoms. The number of carbonyl (C=O) groups excluding carboxylic acids is 3. The predicted molar refractivity (Wildman–Crippen MR) is 100 cm³/mol. The summed E-state index contributed by atoms with van der Waals surface area (Å²) >= 11 is 0.935. The lowest BCUT2D eigenvalue weighted by atomic mass is 10.1. The zero-order chi connectivity index (χ0) is 18.9. The van der Waals surface area contributed by atoms with Crippen molar-refractivity contribution in [2.75, 3.05) is 13.7 Å². The Bertz CT molecular complexity index is 759. The first-order chi connectivity index (χ1) is 12.5. The molecule has 6 nitrogen and oxygen atoms in total. The summed E-state index contributed by atoms with van der Waals surface area (Å²) in [6, 6.07) is 13.0. The van der Waals surface area contributed by atoms with Gasteiger partial charge in [-0.1, -0.05) is 23.9 Å². The van der Waals surface area contributed by atoms with Crippen molar-refractivity contribution in [3.8, 4) is 11.5 Å². The summed E-state index contributed by atoms with van der Waals surface area (Å²) in [5.74, 6) is 0.222. The second kappa shape index (κ2) is 9.62. The van der Waals surface area contributed by atoms with Gasteiger partial charge in [-0.15, -0.1) is 0 Å². The molecule has 0 saturated heterocycles. The first-order valence-corrected chi connectivity index (χ1v) is 8.82. The summed E-state index contributed by atoms with van der Waals surface area (Å²) in [5, 5.41) is 11.3. The zero-order valence-electron chi connectivity index (χ0n) is 14.2. The third-order valence-corrected chi connectivity index (χ3v) is 4.48. The normalized spacial score (nSPS) is 11.4. The molecular formula is C19H19NO5S. The molecule has 0 fully saturated rings. The zero-order valence-corrected chi connectivity index (χ0v) is 15.0. The van der Waals surface area contributed by atoms with Crippen molar-refractivity contribution in [2.24, 2.45) is 0 Å². The largest absolute Gasteiger partial charge is 0.508 e. The van der Waals surface area contributed by atoms with E-state index in [1.807, 2.05) is 0 Å². The van der Waals surface area contributed by atoms with Gasteiger partial charge in [0.15, 0.2) is 18.0 Å². The number of ketones is 1. The highest BCUT2D eigenvalue weighted by atomic mass is 32.2. The molecule has 0 radical (unpaired) electrons. The summed E-state index contributed by atoms with van der Waals surface area (Å²) in [4.78, 5) is 34.5. The third-order valence-electron chi connectivity index (χ3n) is 3.66. The lowest BCUT2D eigenvalue weighted by Gasteiger charge is -2.12. The Morgan fingerprint density at radius 2 is 1.81 bits per heavy atom. The summed E-state index contributed by atoms with van der Waals surface area (Å²) in [7, 11) is 1.53. The maximum atomic E-state index is 12.0. The molecule has 1 amide bonds. The number of rotatable bonds is 9. The number of ether oxygens (including phenoxy) is 1. The van der Waals surface area contributed by atoms with Crippen LogP contribution in [0.3, 0.4) is 0 Å². The van der Waals surface area contributed by atoms with Gasteiger partial charge in [0.25, 0.3) is 0 Å². The van der Waals surface area contributed by atoms with E-state index >= 15 is 0 Å². The Morgan fingerprint density at radius 3 is 2.38 bits per heavy atom. The number of aromatic hydroxyl groups is 1. The quantitative estimate of drug-likeness (QED) is 0.517. The van der Waals surface area contributed by atoms with Gasteiger partial charge in [-0.2, -0.15) is 0 Å². The van der Waals surface area contributed by atoms with Crippen molar-refractivity contribution in [3.05, 3.63) is 59.7 Å². The summed E-state index contributed by atoms with van der Waals surface area (Å²) in [6.07, 6.45) is 0.412. The van der Waals surface area contributed by atoms with Gasteiger partial charge in [0, 0.05) is 12.6 Å². The molecule has 1 unspecified atom stereocenters. The van der Waals surface area contributed by atoms with Crippen LogP contribution in [0.2, 0.25) is 0 Å². The first kappa shape index (κ1) is 19.5. The highest BCUT2D eigenvalue weighted by Crippen LogP contribution is 2.18. The number of nitrogens with one attached hydrogen (secondary N) is 1. The van der Waals surface area contributed by atoms with Crippen LogP contribution >= 0.6 is 11.8 Å². The monoisotopic (exact) mass is 373 g/mol. The topological polar surface area (TPSA) is 92.7 Å². The maximum absolute atomic E-state index is 12.0. The van der Waals surface area contributed by atoms with Crippen molar-refractivity contribution in [1.82, 2.24) is 5.32 Å². The fourth-order valence-electron chi connectivity index (χ4n) is 2.25. The van der Waals surface area contributed by atoms with Crippen LogP contribution in [0, 0.1) is 0 Å². The van der Waals surface area contributed by atoms with Crippen molar-refractivity contribution >= 4 is 29.1 Å². The molecular weight excluding hydrogens is 354 g/mol. The van der Waals surface area contributed by atoms with Crippen molar-refractivity contribution < 1.29 is 24.2 Å². The van der Waals surface area contributed by atoms with Gasteiger partial charge in [-0.3, -0.25) is 14.4 Å². The molecule has 2 N–H and O–H groups in total.